The van der Waals surface area contributed by atoms with E-state index in [2.05, 4.69) is 19.9 Å². The standard InChI is InChI=1S/C38H25N5O4/c1-3-18-39-36(12-1)46-28-10-5-8-26(22-28)44-30-14-16-32-33-17-15-31(25-35(33)43(34(32)24-30)38-41-20-7-21-42-38)45-27-9-6-11-29(23-27)47-37-13-2-4-19-40-37/h1-25H/i3D,4D. The van der Waals surface area contributed by atoms with Gasteiger partial charge >= 0.3 is 0 Å². The van der Waals surface area contributed by atoms with Crippen LogP contribution in [-0.2, 0) is 0 Å². The average molecular weight is 618 g/mol. The number of nitrogens with zero attached hydrogens (tertiary/aromatic N) is 5. The number of pyridine rings is 2. The molecule has 9 heteroatoms. The predicted molar refractivity (Wildman–Crippen MR) is 178 cm³/mol. The van der Waals surface area contributed by atoms with Crippen LogP contribution in [0.15, 0.2) is 152 Å². The molecule has 0 atom stereocenters. The van der Waals surface area contributed by atoms with E-state index in [1.54, 1.807) is 54.9 Å². The third-order valence-corrected chi connectivity index (χ3v) is 7.17. The molecular formula is C38H25N5O4. The number of benzene rings is 4. The fraction of sp³-hybridized carbons (Fsp3) is 0. The third-order valence-electron chi connectivity index (χ3n) is 7.17. The van der Waals surface area contributed by atoms with Crippen LogP contribution in [0.4, 0.5) is 0 Å². The van der Waals surface area contributed by atoms with Gasteiger partial charge in [-0.05, 0) is 66.7 Å². The van der Waals surface area contributed by atoms with E-state index in [1.807, 2.05) is 77.4 Å². The molecule has 0 fully saturated rings. The normalized spacial score (nSPS) is 11.6. The van der Waals surface area contributed by atoms with E-state index in [0.717, 1.165) is 21.8 Å². The molecule has 0 spiro atoms. The lowest BCUT2D eigenvalue weighted by atomic mass is 10.1. The van der Waals surface area contributed by atoms with Gasteiger partial charge < -0.3 is 18.9 Å². The number of hydrogen-bond acceptors (Lipinski definition) is 8. The molecule has 0 unspecified atom stereocenters. The maximum atomic E-state index is 7.63. The molecular weight excluding hydrogens is 590 g/mol. The van der Waals surface area contributed by atoms with Crippen LogP contribution in [0.5, 0.6) is 46.3 Å². The molecule has 0 aliphatic heterocycles. The first-order valence-corrected chi connectivity index (χ1v) is 14.7. The second kappa shape index (κ2) is 12.3. The number of hydrogen-bond donors (Lipinski definition) is 0. The Kier molecular flexibility index (Phi) is 6.71. The molecule has 47 heavy (non-hydrogen) atoms. The second-order valence-corrected chi connectivity index (χ2v) is 10.3. The number of fused-ring (bicyclic) bond motifs is 3. The molecule has 0 saturated carbocycles. The first-order valence-electron chi connectivity index (χ1n) is 15.7. The third kappa shape index (κ3) is 6.01. The van der Waals surface area contributed by atoms with Crippen molar-refractivity contribution in [2.24, 2.45) is 0 Å². The zero-order valence-corrected chi connectivity index (χ0v) is 24.6. The monoisotopic (exact) mass is 617 g/mol. The molecule has 0 saturated heterocycles. The van der Waals surface area contributed by atoms with E-state index in [1.165, 1.54) is 12.4 Å². The Hall–Kier alpha value is -6.74. The van der Waals surface area contributed by atoms with Gasteiger partial charge in [-0.25, -0.2) is 19.9 Å². The van der Waals surface area contributed by atoms with Gasteiger partial charge in [0.1, 0.15) is 34.5 Å². The lowest BCUT2D eigenvalue weighted by Crippen LogP contribution is -2.00. The average Bonchev–Trinajstić information content (AvgIpc) is 3.44. The van der Waals surface area contributed by atoms with Crippen molar-refractivity contribution in [3.63, 3.8) is 0 Å². The smallest absolute Gasteiger partial charge is 0.234 e. The molecule has 0 bridgehead atoms. The van der Waals surface area contributed by atoms with Gasteiger partial charge in [-0.3, -0.25) is 4.57 Å². The molecule has 8 rings (SSSR count). The van der Waals surface area contributed by atoms with Crippen LogP contribution in [0.1, 0.15) is 2.74 Å². The molecule has 0 aliphatic carbocycles. The van der Waals surface area contributed by atoms with Crippen LogP contribution in [-0.4, -0.2) is 24.5 Å². The predicted octanol–water partition coefficient (Wildman–Crippen LogP) is 9.53. The molecule has 8 aromatic rings. The maximum absolute atomic E-state index is 7.63. The number of ether oxygens (including phenoxy) is 4. The molecule has 226 valence electrons. The summed E-state index contributed by atoms with van der Waals surface area (Å²) in [6.07, 6.45) is 6.28. The fourth-order valence-electron chi connectivity index (χ4n) is 5.18. The van der Waals surface area contributed by atoms with Crippen molar-refractivity contribution in [3.8, 4) is 52.2 Å². The fourth-order valence-corrected chi connectivity index (χ4v) is 5.18. The van der Waals surface area contributed by atoms with Crippen molar-refractivity contribution in [3.05, 3.63) is 152 Å². The number of rotatable bonds is 9. The summed E-state index contributed by atoms with van der Waals surface area (Å²) in [7, 11) is 0. The van der Waals surface area contributed by atoms with Crippen LogP contribution in [0, 0.1) is 0 Å². The van der Waals surface area contributed by atoms with Gasteiger partial charge in [-0.1, -0.05) is 24.3 Å². The maximum Gasteiger partial charge on any atom is 0.234 e. The quantitative estimate of drug-likeness (QED) is 0.158. The Bertz CT molecular complexity index is 2270. The van der Waals surface area contributed by atoms with Gasteiger partial charge in [-0.2, -0.15) is 0 Å². The van der Waals surface area contributed by atoms with Gasteiger partial charge in [0.2, 0.25) is 17.7 Å². The Balaban J connectivity index is 1.11. The van der Waals surface area contributed by atoms with Crippen LogP contribution in [0.2, 0.25) is 0 Å². The van der Waals surface area contributed by atoms with Crippen LogP contribution >= 0.6 is 0 Å². The second-order valence-electron chi connectivity index (χ2n) is 10.3. The first-order chi connectivity index (χ1) is 24.0. The molecule has 0 N–H and O–H groups in total. The molecule has 0 amide bonds. The van der Waals surface area contributed by atoms with Crippen LogP contribution in [0.25, 0.3) is 27.8 Å². The Labute approximate surface area is 272 Å². The van der Waals surface area contributed by atoms with E-state index in [-0.39, 0.29) is 0 Å². The highest BCUT2D eigenvalue weighted by Crippen LogP contribution is 2.38. The Morgan fingerprint density at radius 3 is 1.36 bits per heavy atom. The Morgan fingerprint density at radius 1 is 0.426 bits per heavy atom. The van der Waals surface area contributed by atoms with E-state index >= 15 is 0 Å². The molecule has 4 heterocycles. The van der Waals surface area contributed by atoms with Gasteiger partial charge in [-0.15, -0.1) is 0 Å². The summed E-state index contributed by atoms with van der Waals surface area (Å²) in [5, 5.41) is 1.98. The van der Waals surface area contributed by atoms with Gasteiger partial charge in [0.15, 0.2) is 0 Å². The van der Waals surface area contributed by atoms with Crippen molar-refractivity contribution < 1.29 is 21.7 Å². The molecule has 4 aromatic heterocycles. The minimum Gasteiger partial charge on any atom is -0.457 e. The molecule has 9 nitrogen and oxygen atoms in total. The first kappa shape index (κ1) is 25.6. The van der Waals surface area contributed by atoms with Crippen molar-refractivity contribution in [1.82, 2.24) is 24.5 Å². The van der Waals surface area contributed by atoms with Gasteiger partial charge in [0.05, 0.1) is 13.8 Å². The van der Waals surface area contributed by atoms with Gasteiger partial charge in [0, 0.05) is 72.0 Å². The van der Waals surface area contributed by atoms with Crippen molar-refractivity contribution in [2.45, 2.75) is 0 Å². The van der Waals surface area contributed by atoms with Crippen molar-refractivity contribution >= 4 is 21.8 Å². The summed E-state index contributed by atoms with van der Waals surface area (Å²) in [5.41, 5.74) is 1.70. The molecule has 4 aromatic carbocycles. The highest BCUT2D eigenvalue weighted by molar-refractivity contribution is 6.09. The van der Waals surface area contributed by atoms with Crippen molar-refractivity contribution in [2.75, 3.05) is 0 Å². The summed E-state index contributed by atoms with van der Waals surface area (Å²) in [6.45, 7) is 0. The Morgan fingerprint density at radius 2 is 0.894 bits per heavy atom. The van der Waals surface area contributed by atoms with Crippen molar-refractivity contribution in [1.29, 1.82) is 0 Å². The van der Waals surface area contributed by atoms with E-state index in [0.29, 0.717) is 64.3 Å². The lowest BCUT2D eigenvalue weighted by Gasteiger charge is -2.10. The SMILES string of the molecule is [2H]c1ccc(Oc2cccc(Oc3ccc4c5ccc(Oc6cccc(Oc7ccc([2H])cn7)c6)cc5n(-c5ncccn5)c4c3)c2)nc1. The summed E-state index contributed by atoms with van der Waals surface area (Å²) in [5.74, 6) is 4.78. The topological polar surface area (TPSA) is 93.4 Å². The van der Waals surface area contributed by atoms with Crippen LogP contribution < -0.4 is 18.9 Å². The van der Waals surface area contributed by atoms with E-state index in [9.17, 15) is 0 Å². The molecule has 0 aliphatic rings. The van der Waals surface area contributed by atoms with E-state index in [4.69, 9.17) is 21.7 Å². The summed E-state index contributed by atoms with van der Waals surface area (Å²) < 4.78 is 41.6. The molecule has 0 radical (unpaired) electrons. The zero-order valence-electron chi connectivity index (χ0n) is 26.6. The minimum absolute atomic E-state index is 0.310. The van der Waals surface area contributed by atoms with E-state index < -0.39 is 0 Å². The zero-order chi connectivity index (χ0) is 33.2. The highest BCUT2D eigenvalue weighted by atomic mass is 16.5. The number of aromatic nitrogens is 5. The van der Waals surface area contributed by atoms with Gasteiger partial charge in [0.25, 0.3) is 0 Å². The minimum atomic E-state index is 0.310. The van der Waals surface area contributed by atoms with Crippen LogP contribution in [0.3, 0.4) is 0 Å². The largest absolute Gasteiger partial charge is 0.457 e. The summed E-state index contributed by atoms with van der Waals surface area (Å²) >= 11 is 0. The summed E-state index contributed by atoms with van der Waals surface area (Å²) in [6, 6.07) is 35.3. The summed E-state index contributed by atoms with van der Waals surface area (Å²) in [4.78, 5) is 17.4. The lowest BCUT2D eigenvalue weighted by molar-refractivity contribution is 0.448. The highest BCUT2D eigenvalue weighted by Gasteiger charge is 2.16.